The molecule has 2 fully saturated rings. The van der Waals surface area contributed by atoms with E-state index in [1.165, 1.54) is 31.7 Å². The average molecular weight is 414 g/mol. The third-order valence-corrected chi connectivity index (χ3v) is 6.72. The first-order valence-corrected chi connectivity index (χ1v) is 10.6. The zero-order chi connectivity index (χ0) is 20.3. The molecule has 0 aromatic heterocycles. The van der Waals surface area contributed by atoms with Crippen LogP contribution in [0.1, 0.15) is 51.0 Å². The van der Waals surface area contributed by atoms with Crippen molar-refractivity contribution in [2.45, 2.75) is 63.7 Å². The Balaban J connectivity index is 1.52. The zero-order valence-electron chi connectivity index (χ0n) is 16.6. The Morgan fingerprint density at radius 2 is 1.82 bits per heavy atom. The Kier molecular flexibility index (Phi) is 6.86. The van der Waals surface area contributed by atoms with Gasteiger partial charge >= 0.3 is 6.18 Å². The number of halogens is 3. The number of rotatable bonds is 3. The van der Waals surface area contributed by atoms with E-state index in [4.69, 9.17) is 12.2 Å². The number of thiocarbonyl (C=S) groups is 1. The largest absolute Gasteiger partial charge is 0.416 e. The average Bonchev–Trinajstić information content (AvgIpc) is 2.67. The molecular weight excluding hydrogens is 383 g/mol. The highest BCUT2D eigenvalue weighted by Crippen LogP contribution is 2.32. The number of hydrogen-bond acceptors (Lipinski definition) is 2. The van der Waals surface area contributed by atoms with Crippen LogP contribution in [0.15, 0.2) is 24.3 Å². The molecule has 1 saturated carbocycles. The summed E-state index contributed by atoms with van der Waals surface area (Å²) in [7, 11) is 2.26. The van der Waals surface area contributed by atoms with Gasteiger partial charge in [-0.2, -0.15) is 13.2 Å². The third-order valence-electron chi connectivity index (χ3n) is 6.36. The minimum absolute atomic E-state index is 0.384. The van der Waals surface area contributed by atoms with E-state index in [9.17, 15) is 13.2 Å². The minimum atomic E-state index is -4.35. The number of alkyl halides is 3. The summed E-state index contributed by atoms with van der Waals surface area (Å²) < 4.78 is 38.7. The first-order chi connectivity index (χ1) is 13.3. The lowest BCUT2D eigenvalue weighted by Gasteiger charge is -2.44. The standard InChI is InChI=1S/C21H30F3N3S/c1-15-6-3-4-9-19(15)26(2)18-10-12-27(13-11-18)20(28)25-17-8-5-7-16(14-17)21(22,23)24/h5,7-8,14-15,18-19H,3-4,6,9-13H2,1-2H3,(H,25,28)/t15-,19+/m1/s1. The lowest BCUT2D eigenvalue weighted by atomic mass is 9.84. The van der Waals surface area contributed by atoms with Crippen molar-refractivity contribution in [2.24, 2.45) is 5.92 Å². The summed E-state index contributed by atoms with van der Waals surface area (Å²) in [6.07, 6.45) is 2.99. The van der Waals surface area contributed by atoms with Crippen molar-refractivity contribution in [3.8, 4) is 0 Å². The van der Waals surface area contributed by atoms with Gasteiger partial charge in [-0.05, 0) is 69.1 Å². The molecule has 1 saturated heterocycles. The van der Waals surface area contributed by atoms with Crippen LogP contribution in [0, 0.1) is 5.92 Å². The molecule has 0 bridgehead atoms. The molecule has 1 heterocycles. The summed E-state index contributed by atoms with van der Waals surface area (Å²) in [4.78, 5) is 4.65. The highest BCUT2D eigenvalue weighted by Gasteiger charge is 2.32. The Hall–Kier alpha value is -1.34. The van der Waals surface area contributed by atoms with Gasteiger partial charge < -0.3 is 15.1 Å². The van der Waals surface area contributed by atoms with Crippen molar-refractivity contribution in [3.63, 3.8) is 0 Å². The maximum absolute atomic E-state index is 12.9. The molecule has 1 aromatic carbocycles. The molecule has 0 radical (unpaired) electrons. The monoisotopic (exact) mass is 413 g/mol. The first kappa shape index (κ1) is 21.4. The molecule has 2 aliphatic rings. The molecule has 0 amide bonds. The van der Waals surface area contributed by atoms with Crippen molar-refractivity contribution in [1.29, 1.82) is 0 Å². The van der Waals surface area contributed by atoms with E-state index < -0.39 is 11.7 Å². The number of piperidine rings is 1. The minimum Gasteiger partial charge on any atom is -0.349 e. The van der Waals surface area contributed by atoms with Crippen LogP contribution in [0.25, 0.3) is 0 Å². The van der Waals surface area contributed by atoms with Crippen LogP contribution >= 0.6 is 12.2 Å². The first-order valence-electron chi connectivity index (χ1n) is 10.2. The molecular formula is C21H30F3N3S. The third kappa shape index (κ3) is 5.17. The fraction of sp³-hybridized carbons (Fsp3) is 0.667. The summed E-state index contributed by atoms with van der Waals surface area (Å²) in [5.74, 6) is 0.750. The number of likely N-dealkylation sites (tertiary alicyclic amines) is 1. The summed E-state index contributed by atoms with van der Waals surface area (Å²) in [5.41, 5.74) is -0.280. The predicted octanol–water partition coefficient (Wildman–Crippen LogP) is 5.38. The molecule has 1 aliphatic carbocycles. The summed E-state index contributed by atoms with van der Waals surface area (Å²) in [6, 6.07) is 6.42. The Labute approximate surface area is 171 Å². The van der Waals surface area contributed by atoms with Gasteiger partial charge in [0.2, 0.25) is 0 Å². The fourth-order valence-electron chi connectivity index (χ4n) is 4.62. The van der Waals surface area contributed by atoms with E-state index in [1.807, 2.05) is 0 Å². The Bertz CT molecular complexity index is 671. The van der Waals surface area contributed by atoms with Gasteiger partial charge in [0.25, 0.3) is 0 Å². The molecule has 156 valence electrons. The second-order valence-corrected chi connectivity index (χ2v) is 8.61. The second-order valence-electron chi connectivity index (χ2n) is 8.22. The normalized spacial score (nSPS) is 24.4. The smallest absolute Gasteiger partial charge is 0.349 e. The van der Waals surface area contributed by atoms with Gasteiger partial charge in [-0.15, -0.1) is 0 Å². The van der Waals surface area contributed by atoms with Crippen LogP contribution in [-0.4, -0.2) is 47.1 Å². The van der Waals surface area contributed by atoms with Gasteiger partial charge in [0.15, 0.2) is 5.11 Å². The van der Waals surface area contributed by atoms with Gasteiger partial charge in [0.1, 0.15) is 0 Å². The van der Waals surface area contributed by atoms with E-state index in [2.05, 4.69) is 29.1 Å². The van der Waals surface area contributed by atoms with E-state index in [0.717, 1.165) is 44.0 Å². The van der Waals surface area contributed by atoms with Crippen molar-refractivity contribution >= 4 is 23.0 Å². The molecule has 0 spiro atoms. The molecule has 3 nitrogen and oxygen atoms in total. The number of anilines is 1. The van der Waals surface area contributed by atoms with Crippen LogP contribution in [0.3, 0.4) is 0 Å². The zero-order valence-corrected chi connectivity index (χ0v) is 17.5. The van der Waals surface area contributed by atoms with Crippen molar-refractivity contribution in [1.82, 2.24) is 9.80 Å². The second kappa shape index (κ2) is 8.99. The lowest BCUT2D eigenvalue weighted by Crippen LogP contribution is -2.51. The van der Waals surface area contributed by atoms with Crippen LogP contribution in [0.4, 0.5) is 18.9 Å². The SMILES string of the molecule is C[C@@H]1CCCC[C@@H]1N(C)C1CCN(C(=S)Nc2cccc(C(F)(F)F)c2)CC1. The highest BCUT2D eigenvalue weighted by molar-refractivity contribution is 7.80. The maximum Gasteiger partial charge on any atom is 0.416 e. The Morgan fingerprint density at radius 3 is 2.46 bits per heavy atom. The van der Waals surface area contributed by atoms with Crippen LogP contribution in [-0.2, 0) is 6.18 Å². The van der Waals surface area contributed by atoms with Crippen molar-refractivity contribution < 1.29 is 13.2 Å². The number of nitrogens with zero attached hydrogens (tertiary/aromatic N) is 2. The highest BCUT2D eigenvalue weighted by atomic mass is 32.1. The number of benzene rings is 1. The summed E-state index contributed by atoms with van der Waals surface area (Å²) in [6.45, 7) is 4.03. The molecule has 1 N–H and O–H groups in total. The summed E-state index contributed by atoms with van der Waals surface area (Å²) >= 11 is 5.46. The van der Waals surface area contributed by atoms with Crippen molar-refractivity contribution in [3.05, 3.63) is 29.8 Å². The van der Waals surface area contributed by atoms with Gasteiger partial charge in [-0.3, -0.25) is 0 Å². The quantitative estimate of drug-likeness (QED) is 0.671. The number of hydrogen-bond donors (Lipinski definition) is 1. The Morgan fingerprint density at radius 1 is 1.14 bits per heavy atom. The van der Waals surface area contributed by atoms with Crippen LogP contribution in [0.5, 0.6) is 0 Å². The van der Waals surface area contributed by atoms with Gasteiger partial charge in [0.05, 0.1) is 5.56 Å². The molecule has 7 heteroatoms. The van der Waals surface area contributed by atoms with E-state index in [1.54, 1.807) is 6.07 Å². The van der Waals surface area contributed by atoms with Gasteiger partial charge in [0, 0.05) is 30.9 Å². The predicted molar refractivity (Wildman–Crippen MR) is 111 cm³/mol. The topological polar surface area (TPSA) is 18.5 Å². The molecule has 3 rings (SSSR count). The summed E-state index contributed by atoms with van der Waals surface area (Å²) in [5, 5.41) is 3.49. The van der Waals surface area contributed by atoms with E-state index in [0.29, 0.717) is 22.9 Å². The number of nitrogens with one attached hydrogen (secondary N) is 1. The van der Waals surface area contributed by atoms with Crippen LogP contribution in [0.2, 0.25) is 0 Å². The van der Waals surface area contributed by atoms with E-state index >= 15 is 0 Å². The van der Waals surface area contributed by atoms with Crippen molar-refractivity contribution in [2.75, 3.05) is 25.5 Å². The van der Waals surface area contributed by atoms with Gasteiger partial charge in [-0.1, -0.05) is 25.8 Å². The molecule has 0 unspecified atom stereocenters. The van der Waals surface area contributed by atoms with E-state index in [-0.39, 0.29) is 0 Å². The molecule has 28 heavy (non-hydrogen) atoms. The molecule has 1 aliphatic heterocycles. The molecule has 1 aromatic rings. The fourth-order valence-corrected chi connectivity index (χ4v) is 4.92. The maximum atomic E-state index is 12.9. The lowest BCUT2D eigenvalue weighted by molar-refractivity contribution is -0.137. The molecule has 2 atom stereocenters. The van der Waals surface area contributed by atoms with Crippen LogP contribution < -0.4 is 5.32 Å². The van der Waals surface area contributed by atoms with Gasteiger partial charge in [-0.25, -0.2) is 0 Å².